The van der Waals surface area contributed by atoms with E-state index in [-0.39, 0.29) is 5.91 Å². The van der Waals surface area contributed by atoms with Gasteiger partial charge in [-0.2, -0.15) is 0 Å². The lowest BCUT2D eigenvalue weighted by Gasteiger charge is -2.12. The van der Waals surface area contributed by atoms with Crippen molar-refractivity contribution in [1.29, 1.82) is 0 Å². The van der Waals surface area contributed by atoms with Gasteiger partial charge in [0.2, 0.25) is 5.91 Å². The second-order valence-electron chi connectivity index (χ2n) is 5.63. The van der Waals surface area contributed by atoms with Crippen LogP contribution in [0.15, 0.2) is 18.2 Å². The molecule has 1 aromatic carbocycles. The van der Waals surface area contributed by atoms with Gasteiger partial charge in [0.1, 0.15) is 4.99 Å². The second kappa shape index (κ2) is 6.84. The summed E-state index contributed by atoms with van der Waals surface area (Å²) in [5.41, 5.74) is 8.25. The number of amides is 1. The number of thiocarbonyl (C=S) groups is 1. The van der Waals surface area contributed by atoms with Crippen molar-refractivity contribution in [3.8, 4) is 0 Å². The molecule has 0 aliphatic heterocycles. The van der Waals surface area contributed by atoms with Gasteiger partial charge in [-0.1, -0.05) is 50.0 Å². The van der Waals surface area contributed by atoms with Crippen molar-refractivity contribution in [3.05, 3.63) is 29.3 Å². The van der Waals surface area contributed by atoms with E-state index in [1.165, 1.54) is 25.7 Å². The summed E-state index contributed by atoms with van der Waals surface area (Å²) in [7, 11) is 0. The quantitative estimate of drug-likeness (QED) is 0.816. The van der Waals surface area contributed by atoms with Gasteiger partial charge in [-0.15, -0.1) is 0 Å². The molecular formula is C16H22N2OS. The van der Waals surface area contributed by atoms with Crippen molar-refractivity contribution in [2.75, 3.05) is 5.32 Å². The van der Waals surface area contributed by atoms with Gasteiger partial charge in [-0.05, 0) is 30.9 Å². The van der Waals surface area contributed by atoms with Crippen LogP contribution in [-0.2, 0) is 4.79 Å². The van der Waals surface area contributed by atoms with E-state index < -0.39 is 0 Å². The maximum Gasteiger partial charge on any atom is 0.224 e. The molecule has 2 rings (SSSR count). The first-order chi connectivity index (χ1) is 9.56. The van der Waals surface area contributed by atoms with Crippen molar-refractivity contribution in [2.45, 2.75) is 45.4 Å². The van der Waals surface area contributed by atoms with Gasteiger partial charge in [-0.3, -0.25) is 4.79 Å². The molecule has 0 aromatic heterocycles. The van der Waals surface area contributed by atoms with E-state index in [9.17, 15) is 4.79 Å². The van der Waals surface area contributed by atoms with E-state index in [0.717, 1.165) is 29.2 Å². The molecule has 0 saturated heterocycles. The Hall–Kier alpha value is -1.42. The predicted molar refractivity (Wildman–Crippen MR) is 86.9 cm³/mol. The molecule has 1 aromatic rings. The number of anilines is 1. The van der Waals surface area contributed by atoms with E-state index in [4.69, 9.17) is 18.0 Å². The first-order valence-corrected chi connectivity index (χ1v) is 7.67. The number of hydrogen-bond donors (Lipinski definition) is 2. The molecule has 0 spiro atoms. The van der Waals surface area contributed by atoms with Gasteiger partial charge in [0, 0.05) is 17.7 Å². The highest BCUT2D eigenvalue weighted by molar-refractivity contribution is 7.80. The molecule has 3 nitrogen and oxygen atoms in total. The number of nitrogens with two attached hydrogens (primary N) is 1. The van der Waals surface area contributed by atoms with Crippen LogP contribution in [0.4, 0.5) is 5.69 Å². The number of aryl methyl sites for hydroxylation is 1. The fraction of sp³-hybridized carbons (Fsp3) is 0.500. The minimum absolute atomic E-state index is 0.0834. The van der Waals surface area contributed by atoms with E-state index in [1.54, 1.807) is 0 Å². The Balaban J connectivity index is 1.92. The third-order valence-electron chi connectivity index (χ3n) is 4.05. The lowest BCUT2D eigenvalue weighted by atomic mass is 10.0. The molecule has 1 fully saturated rings. The van der Waals surface area contributed by atoms with Crippen LogP contribution in [0.2, 0.25) is 0 Å². The zero-order valence-corrected chi connectivity index (χ0v) is 12.8. The van der Waals surface area contributed by atoms with Crippen molar-refractivity contribution in [1.82, 2.24) is 0 Å². The van der Waals surface area contributed by atoms with Crippen LogP contribution in [0.5, 0.6) is 0 Å². The molecule has 3 N–H and O–H groups in total. The summed E-state index contributed by atoms with van der Waals surface area (Å²) >= 11 is 4.97. The molecule has 20 heavy (non-hydrogen) atoms. The number of rotatable bonds is 5. The summed E-state index contributed by atoms with van der Waals surface area (Å²) in [6.07, 6.45) is 6.80. The van der Waals surface area contributed by atoms with E-state index in [2.05, 4.69) is 5.32 Å². The van der Waals surface area contributed by atoms with Gasteiger partial charge >= 0.3 is 0 Å². The van der Waals surface area contributed by atoms with Gasteiger partial charge in [0.25, 0.3) is 0 Å². The molecule has 108 valence electrons. The minimum Gasteiger partial charge on any atom is -0.389 e. The first-order valence-electron chi connectivity index (χ1n) is 7.26. The monoisotopic (exact) mass is 290 g/mol. The van der Waals surface area contributed by atoms with Crippen LogP contribution in [0.1, 0.15) is 49.7 Å². The Morgan fingerprint density at radius 1 is 1.40 bits per heavy atom. The van der Waals surface area contributed by atoms with Gasteiger partial charge in [0.15, 0.2) is 0 Å². The standard InChI is InChI=1S/C16H22N2OS/c1-11-6-8-13(16(17)20)10-14(11)18-15(19)9-7-12-4-2-3-5-12/h6,8,10,12H,2-5,7,9H2,1H3,(H2,17,20)(H,18,19). The minimum atomic E-state index is 0.0834. The highest BCUT2D eigenvalue weighted by Crippen LogP contribution is 2.28. The molecule has 0 radical (unpaired) electrons. The van der Waals surface area contributed by atoms with Crippen LogP contribution in [0.3, 0.4) is 0 Å². The fourth-order valence-corrected chi connectivity index (χ4v) is 2.88. The number of carbonyl (C=O) groups excluding carboxylic acids is 1. The smallest absolute Gasteiger partial charge is 0.224 e. The van der Waals surface area contributed by atoms with Crippen molar-refractivity contribution in [3.63, 3.8) is 0 Å². The maximum atomic E-state index is 12.0. The average Bonchev–Trinajstić information content (AvgIpc) is 2.92. The van der Waals surface area contributed by atoms with Crippen LogP contribution in [0, 0.1) is 12.8 Å². The Morgan fingerprint density at radius 3 is 2.75 bits per heavy atom. The zero-order valence-electron chi connectivity index (χ0n) is 11.9. The normalized spacial score (nSPS) is 15.2. The maximum absolute atomic E-state index is 12.0. The third-order valence-corrected chi connectivity index (χ3v) is 4.29. The molecule has 0 atom stereocenters. The highest BCUT2D eigenvalue weighted by Gasteiger charge is 2.16. The molecule has 0 unspecified atom stereocenters. The lowest BCUT2D eigenvalue weighted by molar-refractivity contribution is -0.116. The number of benzene rings is 1. The topological polar surface area (TPSA) is 55.1 Å². The molecule has 0 bridgehead atoms. The number of nitrogens with one attached hydrogen (secondary N) is 1. The van der Waals surface area contributed by atoms with Crippen LogP contribution < -0.4 is 11.1 Å². The van der Waals surface area contributed by atoms with Crippen molar-refractivity contribution >= 4 is 28.8 Å². The van der Waals surface area contributed by atoms with E-state index >= 15 is 0 Å². The van der Waals surface area contributed by atoms with E-state index in [1.807, 2.05) is 25.1 Å². The summed E-state index contributed by atoms with van der Waals surface area (Å²) in [6.45, 7) is 1.97. The summed E-state index contributed by atoms with van der Waals surface area (Å²) in [5.74, 6) is 0.824. The van der Waals surface area contributed by atoms with Crippen LogP contribution >= 0.6 is 12.2 Å². The Kier molecular flexibility index (Phi) is 5.12. The van der Waals surface area contributed by atoms with Gasteiger partial charge < -0.3 is 11.1 Å². The zero-order chi connectivity index (χ0) is 14.5. The van der Waals surface area contributed by atoms with Crippen molar-refractivity contribution < 1.29 is 4.79 Å². The summed E-state index contributed by atoms with van der Waals surface area (Å²) in [6, 6.07) is 5.66. The third kappa shape index (κ3) is 4.04. The molecule has 1 saturated carbocycles. The van der Waals surface area contributed by atoms with Crippen LogP contribution in [-0.4, -0.2) is 10.9 Å². The van der Waals surface area contributed by atoms with E-state index in [0.29, 0.717) is 11.4 Å². The fourth-order valence-electron chi connectivity index (χ4n) is 2.76. The Morgan fingerprint density at radius 2 is 2.10 bits per heavy atom. The summed E-state index contributed by atoms with van der Waals surface area (Å²) in [5, 5.41) is 2.98. The summed E-state index contributed by atoms with van der Waals surface area (Å²) in [4.78, 5) is 12.4. The number of hydrogen-bond acceptors (Lipinski definition) is 2. The predicted octanol–water partition coefficient (Wildman–Crippen LogP) is 3.54. The summed E-state index contributed by atoms with van der Waals surface area (Å²) < 4.78 is 0. The highest BCUT2D eigenvalue weighted by atomic mass is 32.1. The molecule has 1 aliphatic carbocycles. The van der Waals surface area contributed by atoms with Gasteiger partial charge in [0.05, 0.1) is 0 Å². The van der Waals surface area contributed by atoms with Crippen LogP contribution in [0.25, 0.3) is 0 Å². The van der Waals surface area contributed by atoms with Crippen molar-refractivity contribution in [2.24, 2.45) is 11.7 Å². The first kappa shape index (κ1) is 15.0. The lowest BCUT2D eigenvalue weighted by Crippen LogP contribution is -2.15. The molecule has 1 aliphatic rings. The largest absolute Gasteiger partial charge is 0.389 e. The second-order valence-corrected chi connectivity index (χ2v) is 6.07. The number of carbonyl (C=O) groups is 1. The Labute approximate surface area is 125 Å². The average molecular weight is 290 g/mol. The molecule has 0 heterocycles. The molecule has 1 amide bonds. The SMILES string of the molecule is Cc1ccc(C(N)=S)cc1NC(=O)CCC1CCCC1. The molecule has 4 heteroatoms. The Bertz CT molecular complexity index is 507. The molecular weight excluding hydrogens is 268 g/mol. The van der Waals surface area contributed by atoms with Gasteiger partial charge in [-0.25, -0.2) is 0 Å².